The standard InChI is InChI=1S/C17H13ClFNO3/c1-17(9-10-4-2-3-5-12(10)15(21)23-17)16(22)20-14-7-6-11(18)8-13(14)19/h2-8H,9H2,1H3,(H,20,22)/t17-/m1/s1. The van der Waals surface area contributed by atoms with Crippen LogP contribution in [0.15, 0.2) is 42.5 Å². The monoisotopic (exact) mass is 333 g/mol. The molecular weight excluding hydrogens is 321 g/mol. The summed E-state index contributed by atoms with van der Waals surface area (Å²) in [5, 5.41) is 2.68. The van der Waals surface area contributed by atoms with Crippen LogP contribution in [0.25, 0.3) is 0 Å². The molecule has 2 aromatic carbocycles. The number of esters is 1. The minimum absolute atomic E-state index is 0.0180. The van der Waals surface area contributed by atoms with Gasteiger partial charge in [-0.3, -0.25) is 4.79 Å². The van der Waals surface area contributed by atoms with Gasteiger partial charge in [0.25, 0.3) is 5.91 Å². The Labute approximate surface area is 137 Å². The van der Waals surface area contributed by atoms with Gasteiger partial charge in [0.15, 0.2) is 5.60 Å². The molecule has 0 saturated carbocycles. The number of hydrogen-bond acceptors (Lipinski definition) is 3. The summed E-state index contributed by atoms with van der Waals surface area (Å²) >= 11 is 5.68. The number of rotatable bonds is 2. The average Bonchev–Trinajstić information content (AvgIpc) is 2.50. The van der Waals surface area contributed by atoms with E-state index in [-0.39, 0.29) is 17.1 Å². The summed E-state index contributed by atoms with van der Waals surface area (Å²) in [5.41, 5.74) is -0.263. The first-order valence-corrected chi connectivity index (χ1v) is 7.34. The summed E-state index contributed by atoms with van der Waals surface area (Å²) in [7, 11) is 0. The normalized spacial score (nSPS) is 19.7. The van der Waals surface area contributed by atoms with Crippen molar-refractivity contribution in [1.29, 1.82) is 0 Å². The van der Waals surface area contributed by atoms with E-state index in [4.69, 9.17) is 16.3 Å². The molecule has 1 amide bonds. The number of carbonyl (C=O) groups excluding carboxylic acids is 2. The van der Waals surface area contributed by atoms with Crippen LogP contribution in [0.1, 0.15) is 22.8 Å². The maximum atomic E-state index is 13.8. The molecule has 3 rings (SSSR count). The van der Waals surface area contributed by atoms with Gasteiger partial charge in [0.2, 0.25) is 0 Å². The summed E-state index contributed by atoms with van der Waals surface area (Å²) in [5.74, 6) is -1.82. The van der Waals surface area contributed by atoms with Crippen molar-refractivity contribution in [3.8, 4) is 0 Å². The molecule has 118 valence electrons. The second-order valence-corrected chi connectivity index (χ2v) is 5.97. The van der Waals surface area contributed by atoms with Crippen molar-refractivity contribution in [3.63, 3.8) is 0 Å². The van der Waals surface area contributed by atoms with Crippen molar-refractivity contribution < 1.29 is 18.7 Å². The second-order valence-electron chi connectivity index (χ2n) is 5.53. The van der Waals surface area contributed by atoms with Crippen LogP contribution in [0.5, 0.6) is 0 Å². The van der Waals surface area contributed by atoms with E-state index in [0.29, 0.717) is 5.56 Å². The number of ether oxygens (including phenoxy) is 1. The summed E-state index contributed by atoms with van der Waals surface area (Å²) in [6.45, 7) is 1.50. The highest BCUT2D eigenvalue weighted by Crippen LogP contribution is 2.30. The fourth-order valence-corrected chi connectivity index (χ4v) is 2.66. The third-order valence-corrected chi connectivity index (χ3v) is 3.98. The van der Waals surface area contributed by atoms with Crippen molar-refractivity contribution in [1.82, 2.24) is 0 Å². The van der Waals surface area contributed by atoms with E-state index >= 15 is 0 Å². The predicted molar refractivity (Wildman–Crippen MR) is 84.0 cm³/mol. The molecule has 1 atom stereocenters. The lowest BCUT2D eigenvalue weighted by molar-refractivity contribution is -0.134. The Morgan fingerprint density at radius 1 is 1.30 bits per heavy atom. The number of anilines is 1. The van der Waals surface area contributed by atoms with Crippen LogP contribution >= 0.6 is 11.6 Å². The number of fused-ring (bicyclic) bond motifs is 1. The van der Waals surface area contributed by atoms with Gasteiger partial charge in [0.05, 0.1) is 11.3 Å². The van der Waals surface area contributed by atoms with Gasteiger partial charge in [0, 0.05) is 11.4 Å². The molecule has 1 aliphatic heterocycles. The highest BCUT2D eigenvalue weighted by molar-refractivity contribution is 6.30. The quantitative estimate of drug-likeness (QED) is 0.854. The lowest BCUT2D eigenvalue weighted by Gasteiger charge is -2.33. The predicted octanol–water partition coefficient (Wildman–Crippen LogP) is 3.59. The molecule has 4 nitrogen and oxygen atoms in total. The molecule has 1 heterocycles. The van der Waals surface area contributed by atoms with E-state index in [0.717, 1.165) is 11.6 Å². The molecular formula is C17H13ClFNO3. The van der Waals surface area contributed by atoms with Gasteiger partial charge in [0.1, 0.15) is 5.82 Å². The van der Waals surface area contributed by atoms with Gasteiger partial charge >= 0.3 is 5.97 Å². The largest absolute Gasteiger partial charge is 0.445 e. The summed E-state index contributed by atoms with van der Waals surface area (Å²) in [4.78, 5) is 24.6. The van der Waals surface area contributed by atoms with E-state index in [1.807, 2.05) is 0 Å². The fourth-order valence-electron chi connectivity index (χ4n) is 2.50. The second kappa shape index (κ2) is 5.66. The highest BCUT2D eigenvalue weighted by Gasteiger charge is 2.42. The molecule has 0 aromatic heterocycles. The summed E-state index contributed by atoms with van der Waals surface area (Å²) < 4.78 is 19.1. The first-order chi connectivity index (χ1) is 10.9. The Balaban J connectivity index is 1.86. The third kappa shape index (κ3) is 2.92. The van der Waals surface area contributed by atoms with Crippen molar-refractivity contribution in [3.05, 3.63) is 64.4 Å². The van der Waals surface area contributed by atoms with Crippen LogP contribution in [0.4, 0.5) is 10.1 Å². The maximum absolute atomic E-state index is 13.8. The van der Waals surface area contributed by atoms with E-state index in [2.05, 4.69) is 5.32 Å². The number of nitrogens with one attached hydrogen (secondary N) is 1. The van der Waals surface area contributed by atoms with E-state index < -0.39 is 23.3 Å². The lowest BCUT2D eigenvalue weighted by Crippen LogP contribution is -2.49. The molecule has 6 heteroatoms. The van der Waals surface area contributed by atoms with Crippen molar-refractivity contribution in [2.45, 2.75) is 18.9 Å². The average molecular weight is 334 g/mol. The van der Waals surface area contributed by atoms with Crippen molar-refractivity contribution in [2.24, 2.45) is 0 Å². The van der Waals surface area contributed by atoms with Gasteiger partial charge in [-0.25, -0.2) is 9.18 Å². The number of benzene rings is 2. The maximum Gasteiger partial charge on any atom is 0.339 e. The Hall–Kier alpha value is -2.40. The molecule has 23 heavy (non-hydrogen) atoms. The molecule has 0 fully saturated rings. The van der Waals surface area contributed by atoms with Crippen molar-refractivity contribution >= 4 is 29.2 Å². The molecule has 0 spiro atoms. The fraction of sp³-hybridized carbons (Fsp3) is 0.176. The van der Waals surface area contributed by atoms with Gasteiger partial charge < -0.3 is 10.1 Å². The van der Waals surface area contributed by atoms with Gasteiger partial charge in [-0.2, -0.15) is 0 Å². The Bertz CT molecular complexity index is 808. The zero-order chi connectivity index (χ0) is 16.6. The van der Waals surface area contributed by atoms with E-state index in [1.54, 1.807) is 24.3 Å². The summed E-state index contributed by atoms with van der Waals surface area (Å²) in [6, 6.07) is 10.8. The smallest absolute Gasteiger partial charge is 0.339 e. The molecule has 0 radical (unpaired) electrons. The van der Waals surface area contributed by atoms with Gasteiger partial charge in [-0.15, -0.1) is 0 Å². The minimum atomic E-state index is -1.41. The van der Waals surface area contributed by atoms with Crippen LogP contribution in [-0.2, 0) is 16.0 Å². The minimum Gasteiger partial charge on any atom is -0.445 e. The van der Waals surface area contributed by atoms with Crippen LogP contribution in [0.2, 0.25) is 5.02 Å². The number of hydrogen-bond donors (Lipinski definition) is 1. The molecule has 0 unspecified atom stereocenters. The third-order valence-electron chi connectivity index (χ3n) is 3.74. The van der Waals surface area contributed by atoms with Gasteiger partial charge in [-0.05, 0) is 36.8 Å². The Morgan fingerprint density at radius 3 is 2.78 bits per heavy atom. The van der Waals surface area contributed by atoms with Gasteiger partial charge in [-0.1, -0.05) is 29.8 Å². The number of amides is 1. The van der Waals surface area contributed by atoms with Crippen molar-refractivity contribution in [2.75, 3.05) is 5.32 Å². The van der Waals surface area contributed by atoms with Crippen LogP contribution in [0, 0.1) is 5.82 Å². The topological polar surface area (TPSA) is 55.4 Å². The molecule has 0 saturated heterocycles. The molecule has 2 aromatic rings. The Kier molecular flexibility index (Phi) is 3.82. The number of carbonyl (C=O) groups is 2. The summed E-state index contributed by atoms with van der Waals surface area (Å²) in [6.07, 6.45) is 0.218. The van der Waals surface area contributed by atoms with E-state index in [1.165, 1.54) is 19.1 Å². The lowest BCUT2D eigenvalue weighted by atomic mass is 9.89. The SMILES string of the molecule is C[C@]1(C(=O)Nc2ccc(Cl)cc2F)Cc2ccccc2C(=O)O1. The van der Waals surface area contributed by atoms with Crippen LogP contribution < -0.4 is 5.32 Å². The zero-order valence-corrected chi connectivity index (χ0v) is 13.0. The number of halogens is 2. The molecule has 1 aliphatic rings. The number of cyclic esters (lactones) is 1. The molecule has 0 bridgehead atoms. The molecule has 0 aliphatic carbocycles. The zero-order valence-electron chi connectivity index (χ0n) is 12.2. The highest BCUT2D eigenvalue weighted by atomic mass is 35.5. The first kappa shape index (κ1) is 15.5. The van der Waals surface area contributed by atoms with Crippen LogP contribution in [-0.4, -0.2) is 17.5 Å². The Morgan fingerprint density at radius 2 is 2.04 bits per heavy atom. The van der Waals surface area contributed by atoms with Crippen LogP contribution in [0.3, 0.4) is 0 Å². The van der Waals surface area contributed by atoms with E-state index in [9.17, 15) is 14.0 Å². The first-order valence-electron chi connectivity index (χ1n) is 6.97. The molecule has 1 N–H and O–H groups in total.